The van der Waals surface area contributed by atoms with E-state index in [9.17, 15) is 0 Å². The fourth-order valence-corrected chi connectivity index (χ4v) is 13.4. The van der Waals surface area contributed by atoms with Gasteiger partial charge in [-0.3, -0.25) is 0 Å². The van der Waals surface area contributed by atoms with E-state index >= 15 is 0 Å². The number of anilines is 3. The summed E-state index contributed by atoms with van der Waals surface area (Å²) in [5.41, 5.74) is 21.1. The minimum atomic E-state index is -0.545. The van der Waals surface area contributed by atoms with E-state index in [0.717, 1.165) is 51.9 Å². The molecule has 0 amide bonds. The first-order valence-corrected chi connectivity index (χ1v) is 24.6. The second kappa shape index (κ2) is 14.4. The van der Waals surface area contributed by atoms with E-state index in [1.807, 2.05) is 0 Å². The van der Waals surface area contributed by atoms with Gasteiger partial charge in [0, 0.05) is 33.8 Å². The lowest BCUT2D eigenvalue weighted by Gasteiger charge is -2.48. The van der Waals surface area contributed by atoms with Crippen molar-refractivity contribution in [3.63, 3.8) is 0 Å². The van der Waals surface area contributed by atoms with Gasteiger partial charge in [-0.05, 0) is 139 Å². The summed E-state index contributed by atoms with van der Waals surface area (Å²) in [6, 6.07) is 66.0. The molecule has 0 spiro atoms. The third kappa shape index (κ3) is 5.30. The predicted octanol–water partition coefficient (Wildman–Crippen LogP) is 16.7. The Bertz CT molecular complexity index is 3740. The van der Waals surface area contributed by atoms with Crippen LogP contribution in [0.5, 0.6) is 0 Å². The second-order valence-electron chi connectivity index (χ2n) is 20.4. The van der Waals surface area contributed by atoms with Crippen molar-refractivity contribution in [1.29, 1.82) is 0 Å². The molecule has 3 nitrogen and oxygen atoms in total. The van der Waals surface area contributed by atoms with Gasteiger partial charge in [-0.2, -0.15) is 0 Å². The molecule has 0 bridgehead atoms. The van der Waals surface area contributed by atoms with Gasteiger partial charge in [-0.15, -0.1) is 0 Å². The summed E-state index contributed by atoms with van der Waals surface area (Å²) in [4.78, 5) is 5.38. The average molecular weight is 877 g/mol. The normalized spacial score (nSPS) is 20.6. The van der Waals surface area contributed by atoms with Gasteiger partial charge in [-0.25, -0.2) is 0 Å². The van der Waals surface area contributed by atoms with E-state index in [-0.39, 0.29) is 17.4 Å². The molecule has 0 radical (unpaired) electrons. The standard InChI is InChI=1S/C65H52N2O/c1-40(2)46-23-15-26-55-62(46)50-21-8-12-25-54(50)65(55,43-32-31-41-17-5-6-18-42(41)37-43)67-57-27-13-9-20-49(57)52-38-44(34-36-58(52)67)66(59-28-16-30-61-63(59)51-22-10-14-29-60(51)68-61)45-33-35-48-47-19-7-11-24-53(47)64(3,4)56(48)39-45/h5-14,16-25,27-40,52,58H,15,26H2,1-4H3. The SMILES string of the molecule is CC(C)C1=CCCC2=C1c1ccccc1C2(c1ccc2ccccc2c1)N1c2ccccc2C2C=C(N(c3ccc4c(c3)C(C)(C)c3ccccc3-4)c3cccc4oc5ccccc5c34)C=CC21. The fourth-order valence-electron chi connectivity index (χ4n) is 13.4. The smallest absolute Gasteiger partial charge is 0.137 e. The van der Waals surface area contributed by atoms with Gasteiger partial charge < -0.3 is 14.2 Å². The lowest BCUT2D eigenvalue weighted by atomic mass is 9.73. The largest absolute Gasteiger partial charge is 0.456 e. The Labute approximate surface area is 398 Å². The van der Waals surface area contributed by atoms with Gasteiger partial charge in [0.1, 0.15) is 16.7 Å². The van der Waals surface area contributed by atoms with Crippen molar-refractivity contribution < 1.29 is 4.42 Å². The van der Waals surface area contributed by atoms with E-state index in [4.69, 9.17) is 4.42 Å². The maximum absolute atomic E-state index is 6.60. The van der Waals surface area contributed by atoms with Crippen molar-refractivity contribution in [3.8, 4) is 11.1 Å². The number of para-hydroxylation sites is 2. The van der Waals surface area contributed by atoms with Crippen molar-refractivity contribution in [1.82, 2.24) is 0 Å². The maximum Gasteiger partial charge on any atom is 0.137 e. The van der Waals surface area contributed by atoms with Crippen LogP contribution in [0, 0.1) is 5.92 Å². The molecule has 0 saturated heterocycles. The molecule has 9 aromatic rings. The van der Waals surface area contributed by atoms with Crippen LogP contribution in [-0.2, 0) is 11.0 Å². The monoisotopic (exact) mass is 876 g/mol. The number of nitrogens with zero attached hydrogens (tertiary/aromatic N) is 2. The van der Waals surface area contributed by atoms with Crippen molar-refractivity contribution in [2.24, 2.45) is 5.92 Å². The molecular weight excluding hydrogens is 825 g/mol. The number of allylic oxidation sites excluding steroid dienone is 4. The molecule has 1 aliphatic heterocycles. The summed E-state index contributed by atoms with van der Waals surface area (Å²) in [6.45, 7) is 9.50. The molecule has 0 fully saturated rings. The lowest BCUT2D eigenvalue weighted by molar-refractivity contribution is 0.501. The van der Waals surface area contributed by atoms with Gasteiger partial charge in [0.15, 0.2) is 0 Å². The fraction of sp³-hybridized carbons (Fsp3) is 0.169. The lowest BCUT2D eigenvalue weighted by Crippen LogP contribution is -2.52. The Morgan fingerprint density at radius 1 is 0.647 bits per heavy atom. The topological polar surface area (TPSA) is 19.6 Å². The van der Waals surface area contributed by atoms with Crippen LogP contribution in [0.1, 0.15) is 79.8 Å². The molecule has 328 valence electrons. The molecule has 5 aliphatic rings. The van der Waals surface area contributed by atoms with Crippen LogP contribution < -0.4 is 9.80 Å². The van der Waals surface area contributed by atoms with Crippen molar-refractivity contribution in [2.75, 3.05) is 9.80 Å². The van der Waals surface area contributed by atoms with Crippen LogP contribution in [0.3, 0.4) is 0 Å². The highest BCUT2D eigenvalue weighted by molar-refractivity contribution is 6.13. The number of hydrogen-bond acceptors (Lipinski definition) is 3. The molecule has 68 heavy (non-hydrogen) atoms. The maximum atomic E-state index is 6.60. The van der Waals surface area contributed by atoms with E-state index in [0.29, 0.717) is 5.92 Å². The van der Waals surface area contributed by atoms with Crippen molar-refractivity contribution in [3.05, 3.63) is 250 Å². The van der Waals surface area contributed by atoms with Crippen LogP contribution in [0.25, 0.3) is 49.4 Å². The van der Waals surface area contributed by atoms with E-state index in [1.54, 1.807) is 0 Å². The van der Waals surface area contributed by atoms with Crippen LogP contribution in [0.4, 0.5) is 17.1 Å². The third-order valence-corrected chi connectivity index (χ3v) is 16.3. The minimum Gasteiger partial charge on any atom is -0.456 e. The van der Waals surface area contributed by atoms with Crippen molar-refractivity contribution in [2.45, 2.75) is 63.5 Å². The summed E-state index contributed by atoms with van der Waals surface area (Å²) in [5.74, 6) is 0.475. The summed E-state index contributed by atoms with van der Waals surface area (Å²) in [7, 11) is 0. The molecule has 3 heteroatoms. The molecule has 3 atom stereocenters. The highest BCUT2D eigenvalue weighted by Crippen LogP contribution is 2.63. The quantitative estimate of drug-likeness (QED) is 0.166. The summed E-state index contributed by atoms with van der Waals surface area (Å²) in [6.07, 6.45) is 12.1. The highest BCUT2D eigenvalue weighted by Gasteiger charge is 2.57. The molecule has 0 N–H and O–H groups in total. The van der Waals surface area contributed by atoms with Gasteiger partial charge >= 0.3 is 0 Å². The van der Waals surface area contributed by atoms with Crippen LogP contribution in [-0.4, -0.2) is 6.04 Å². The Morgan fingerprint density at radius 3 is 2.26 bits per heavy atom. The summed E-state index contributed by atoms with van der Waals surface area (Å²) >= 11 is 0. The molecule has 3 unspecified atom stereocenters. The van der Waals surface area contributed by atoms with E-state index < -0.39 is 5.54 Å². The number of fused-ring (bicyclic) bond motifs is 12. The Balaban J connectivity index is 1.00. The number of rotatable bonds is 6. The Hall–Kier alpha value is -7.62. The zero-order valence-corrected chi connectivity index (χ0v) is 39.0. The molecule has 14 rings (SSSR count). The number of furan rings is 1. The molecule has 2 heterocycles. The summed E-state index contributed by atoms with van der Waals surface area (Å²) in [5, 5.41) is 4.78. The molecule has 0 saturated carbocycles. The predicted molar refractivity (Wildman–Crippen MR) is 283 cm³/mol. The number of benzene rings is 8. The van der Waals surface area contributed by atoms with Gasteiger partial charge in [0.25, 0.3) is 0 Å². The molecule has 8 aromatic carbocycles. The zero-order valence-electron chi connectivity index (χ0n) is 39.0. The first kappa shape index (κ1) is 39.5. The van der Waals surface area contributed by atoms with Crippen molar-refractivity contribution >= 4 is 55.3 Å². The van der Waals surface area contributed by atoms with Crippen LogP contribution in [0.15, 0.2) is 221 Å². The van der Waals surface area contributed by atoms with Crippen LogP contribution in [0.2, 0.25) is 0 Å². The van der Waals surface area contributed by atoms with E-state index in [2.05, 4.69) is 238 Å². The third-order valence-electron chi connectivity index (χ3n) is 16.3. The highest BCUT2D eigenvalue weighted by atomic mass is 16.3. The molecule has 4 aliphatic carbocycles. The first-order valence-electron chi connectivity index (χ1n) is 24.6. The minimum absolute atomic E-state index is 0.0387. The van der Waals surface area contributed by atoms with Gasteiger partial charge in [-0.1, -0.05) is 179 Å². The molecular formula is C65H52N2O. The Morgan fingerprint density at radius 2 is 1.38 bits per heavy atom. The Kier molecular flexibility index (Phi) is 8.40. The molecule has 1 aromatic heterocycles. The zero-order chi connectivity index (χ0) is 45.5. The van der Waals surface area contributed by atoms with Gasteiger partial charge in [0.05, 0.1) is 17.1 Å². The van der Waals surface area contributed by atoms with Crippen LogP contribution >= 0.6 is 0 Å². The van der Waals surface area contributed by atoms with E-state index in [1.165, 1.54) is 77.7 Å². The first-order chi connectivity index (χ1) is 33.3. The number of hydrogen-bond donors (Lipinski definition) is 0. The second-order valence-corrected chi connectivity index (χ2v) is 20.4. The summed E-state index contributed by atoms with van der Waals surface area (Å²) < 4.78 is 6.60. The van der Waals surface area contributed by atoms with Gasteiger partial charge in [0.2, 0.25) is 0 Å². The average Bonchev–Trinajstić information content (AvgIpc) is 4.08.